The van der Waals surface area contributed by atoms with E-state index in [1.807, 2.05) is 26.1 Å². The van der Waals surface area contributed by atoms with Crippen molar-refractivity contribution in [3.63, 3.8) is 0 Å². The molecule has 0 aromatic carbocycles. The number of aromatic nitrogens is 2. The molecule has 6 heteroatoms. The third-order valence-electron chi connectivity index (χ3n) is 4.73. The van der Waals surface area contributed by atoms with Crippen molar-refractivity contribution in [1.82, 2.24) is 15.5 Å². The van der Waals surface area contributed by atoms with E-state index in [4.69, 9.17) is 4.52 Å². The number of rotatable bonds is 5. The molecule has 3 rings (SSSR count). The van der Waals surface area contributed by atoms with Crippen LogP contribution in [-0.2, 0) is 11.2 Å². The lowest BCUT2D eigenvalue weighted by atomic mass is 9.96. The van der Waals surface area contributed by atoms with Crippen LogP contribution >= 0.6 is 0 Å². The second-order valence-corrected chi connectivity index (χ2v) is 6.43. The molecule has 3 heterocycles. The van der Waals surface area contributed by atoms with E-state index in [1.54, 1.807) is 6.20 Å². The highest BCUT2D eigenvalue weighted by Gasteiger charge is 2.20. The number of hydrogen-bond donors (Lipinski definition) is 1. The van der Waals surface area contributed by atoms with Crippen molar-refractivity contribution in [3.8, 4) is 0 Å². The van der Waals surface area contributed by atoms with E-state index in [0.717, 1.165) is 49.5 Å². The van der Waals surface area contributed by atoms with Gasteiger partial charge in [0.25, 0.3) is 0 Å². The minimum atomic E-state index is 0.0408. The highest BCUT2D eigenvalue weighted by molar-refractivity contribution is 5.79. The van der Waals surface area contributed by atoms with Crippen molar-refractivity contribution in [2.24, 2.45) is 5.92 Å². The minimum Gasteiger partial charge on any atom is -0.370 e. The molecule has 1 N–H and O–H groups in total. The van der Waals surface area contributed by atoms with Gasteiger partial charge in [-0.25, -0.2) is 0 Å². The normalized spacial score (nSPS) is 15.5. The molecular weight excluding hydrogens is 304 g/mol. The molecule has 1 saturated heterocycles. The molecule has 0 aliphatic carbocycles. The summed E-state index contributed by atoms with van der Waals surface area (Å²) in [5, 5.41) is 6.95. The number of amides is 1. The highest BCUT2D eigenvalue weighted by Crippen LogP contribution is 2.22. The summed E-state index contributed by atoms with van der Waals surface area (Å²) in [6.45, 7) is 6.47. The van der Waals surface area contributed by atoms with Crippen LogP contribution in [0.4, 0.5) is 5.69 Å². The summed E-state index contributed by atoms with van der Waals surface area (Å²) in [6, 6.07) is 4.06. The number of pyridine rings is 1. The van der Waals surface area contributed by atoms with Gasteiger partial charge in [0, 0.05) is 31.4 Å². The zero-order valence-electron chi connectivity index (χ0n) is 14.3. The Morgan fingerprint density at radius 2 is 2.17 bits per heavy atom. The first kappa shape index (κ1) is 16.5. The van der Waals surface area contributed by atoms with Crippen LogP contribution in [0.5, 0.6) is 0 Å². The molecule has 0 radical (unpaired) electrons. The van der Waals surface area contributed by atoms with Gasteiger partial charge in [0.05, 0.1) is 24.0 Å². The van der Waals surface area contributed by atoms with Crippen molar-refractivity contribution in [3.05, 3.63) is 41.5 Å². The number of carbonyl (C=O) groups is 1. The Balaban J connectivity index is 1.43. The number of nitrogens with zero attached hydrogens (tertiary/aromatic N) is 3. The maximum atomic E-state index is 12.1. The van der Waals surface area contributed by atoms with E-state index < -0.39 is 0 Å². The van der Waals surface area contributed by atoms with Gasteiger partial charge in [0.2, 0.25) is 5.91 Å². The molecular formula is C18H24N4O2. The summed E-state index contributed by atoms with van der Waals surface area (Å²) in [6.07, 6.45) is 6.22. The Morgan fingerprint density at radius 1 is 1.38 bits per heavy atom. The first-order valence-electron chi connectivity index (χ1n) is 8.47. The largest absolute Gasteiger partial charge is 0.370 e. The lowest BCUT2D eigenvalue weighted by Gasteiger charge is -2.33. The monoisotopic (exact) mass is 328 g/mol. The Kier molecular flexibility index (Phi) is 5.13. The van der Waals surface area contributed by atoms with Crippen LogP contribution in [0.1, 0.15) is 29.9 Å². The van der Waals surface area contributed by atoms with Crippen molar-refractivity contribution in [1.29, 1.82) is 0 Å². The maximum absolute atomic E-state index is 12.1. The van der Waals surface area contributed by atoms with Crippen LogP contribution in [0.2, 0.25) is 0 Å². The fourth-order valence-corrected chi connectivity index (χ4v) is 3.17. The molecule has 0 unspecified atom stereocenters. The molecule has 0 saturated carbocycles. The van der Waals surface area contributed by atoms with Crippen molar-refractivity contribution >= 4 is 11.6 Å². The molecule has 128 valence electrons. The topological polar surface area (TPSA) is 71.3 Å². The maximum Gasteiger partial charge on any atom is 0.224 e. The average molecular weight is 328 g/mol. The van der Waals surface area contributed by atoms with Gasteiger partial charge in [-0.05, 0) is 44.7 Å². The molecule has 1 fully saturated rings. The van der Waals surface area contributed by atoms with Crippen molar-refractivity contribution in [2.75, 3.05) is 24.5 Å². The van der Waals surface area contributed by atoms with E-state index in [1.165, 1.54) is 5.69 Å². The summed E-state index contributed by atoms with van der Waals surface area (Å²) < 4.78 is 5.10. The van der Waals surface area contributed by atoms with Crippen LogP contribution in [0.25, 0.3) is 0 Å². The summed E-state index contributed by atoms with van der Waals surface area (Å²) in [5.74, 6) is 1.30. The standard InChI is InChI=1S/C18H24N4O2/c1-13-17(14(2)24-21-13)10-18(23)20-11-15-5-8-22(9-6-15)16-4-3-7-19-12-16/h3-4,7,12,15H,5-6,8-11H2,1-2H3,(H,20,23). The number of piperidine rings is 1. The zero-order valence-corrected chi connectivity index (χ0v) is 14.3. The predicted octanol–water partition coefficient (Wildman–Crippen LogP) is 2.26. The van der Waals surface area contributed by atoms with E-state index in [0.29, 0.717) is 12.3 Å². The van der Waals surface area contributed by atoms with Gasteiger partial charge in [0.1, 0.15) is 5.76 Å². The summed E-state index contributed by atoms with van der Waals surface area (Å²) in [7, 11) is 0. The van der Waals surface area contributed by atoms with Gasteiger partial charge in [-0.15, -0.1) is 0 Å². The number of nitrogens with one attached hydrogen (secondary N) is 1. The molecule has 0 spiro atoms. The fourth-order valence-electron chi connectivity index (χ4n) is 3.17. The summed E-state index contributed by atoms with van der Waals surface area (Å²) >= 11 is 0. The molecule has 2 aromatic heterocycles. The molecule has 0 bridgehead atoms. The third kappa shape index (κ3) is 3.93. The van der Waals surface area contributed by atoms with E-state index in [2.05, 4.69) is 26.4 Å². The van der Waals surface area contributed by atoms with Crippen LogP contribution in [0.15, 0.2) is 29.0 Å². The smallest absolute Gasteiger partial charge is 0.224 e. The van der Waals surface area contributed by atoms with Crippen LogP contribution < -0.4 is 10.2 Å². The van der Waals surface area contributed by atoms with E-state index >= 15 is 0 Å². The number of carbonyl (C=O) groups excluding carboxylic acids is 1. The van der Waals surface area contributed by atoms with Crippen molar-refractivity contribution < 1.29 is 9.32 Å². The van der Waals surface area contributed by atoms with Crippen molar-refractivity contribution in [2.45, 2.75) is 33.1 Å². The van der Waals surface area contributed by atoms with Gasteiger partial charge >= 0.3 is 0 Å². The lowest BCUT2D eigenvalue weighted by Crippen LogP contribution is -2.39. The average Bonchev–Trinajstić information content (AvgIpc) is 2.93. The highest BCUT2D eigenvalue weighted by atomic mass is 16.5. The van der Waals surface area contributed by atoms with Gasteiger partial charge < -0.3 is 14.7 Å². The first-order valence-corrected chi connectivity index (χ1v) is 8.47. The molecule has 1 aliphatic rings. The fraction of sp³-hybridized carbons (Fsp3) is 0.500. The van der Waals surface area contributed by atoms with Gasteiger partial charge in [-0.3, -0.25) is 9.78 Å². The third-order valence-corrected chi connectivity index (χ3v) is 4.73. The Labute approximate surface area is 142 Å². The summed E-state index contributed by atoms with van der Waals surface area (Å²) in [5.41, 5.74) is 2.88. The Morgan fingerprint density at radius 3 is 2.79 bits per heavy atom. The SMILES string of the molecule is Cc1noc(C)c1CC(=O)NCC1CCN(c2cccnc2)CC1. The van der Waals surface area contributed by atoms with E-state index in [9.17, 15) is 4.79 Å². The Bertz CT molecular complexity index is 656. The van der Waals surface area contributed by atoms with E-state index in [-0.39, 0.29) is 5.91 Å². The molecule has 2 aromatic rings. The quantitative estimate of drug-likeness (QED) is 0.911. The predicted molar refractivity (Wildman–Crippen MR) is 91.9 cm³/mol. The summed E-state index contributed by atoms with van der Waals surface area (Å²) in [4.78, 5) is 18.7. The second-order valence-electron chi connectivity index (χ2n) is 6.43. The van der Waals surface area contributed by atoms with Crippen LogP contribution in [0.3, 0.4) is 0 Å². The zero-order chi connectivity index (χ0) is 16.9. The van der Waals surface area contributed by atoms with Gasteiger partial charge in [-0.1, -0.05) is 5.16 Å². The van der Waals surface area contributed by atoms with Crippen LogP contribution in [-0.4, -0.2) is 35.7 Å². The van der Waals surface area contributed by atoms with Gasteiger partial charge in [0.15, 0.2) is 0 Å². The number of hydrogen-bond acceptors (Lipinski definition) is 5. The first-order chi connectivity index (χ1) is 11.6. The molecule has 1 aliphatic heterocycles. The minimum absolute atomic E-state index is 0.0408. The molecule has 0 atom stereocenters. The lowest BCUT2D eigenvalue weighted by molar-refractivity contribution is -0.120. The number of aryl methyl sites for hydroxylation is 2. The van der Waals surface area contributed by atoms with Crippen LogP contribution in [0, 0.1) is 19.8 Å². The molecule has 1 amide bonds. The Hall–Kier alpha value is -2.37. The van der Waals surface area contributed by atoms with Gasteiger partial charge in [-0.2, -0.15) is 0 Å². The molecule has 24 heavy (non-hydrogen) atoms. The second kappa shape index (κ2) is 7.47. The number of anilines is 1. The molecule has 6 nitrogen and oxygen atoms in total.